The van der Waals surface area contributed by atoms with Gasteiger partial charge in [0.15, 0.2) is 0 Å². The minimum atomic E-state index is -0.643. The van der Waals surface area contributed by atoms with E-state index in [1.165, 1.54) is 0 Å². The SMILES string of the molecule is CN(C)C(=O)C1CCN(CC(=O)NC2(C#N)CCCC2)CC1. The molecule has 6 nitrogen and oxygen atoms in total. The molecule has 2 fully saturated rings. The van der Waals surface area contributed by atoms with Crippen LogP contribution < -0.4 is 5.32 Å². The minimum absolute atomic E-state index is 0.0687. The maximum atomic E-state index is 12.2. The first-order valence-corrected chi connectivity index (χ1v) is 8.11. The van der Waals surface area contributed by atoms with E-state index in [0.717, 1.165) is 51.6 Å². The quantitative estimate of drug-likeness (QED) is 0.831. The number of nitrogens with zero attached hydrogens (tertiary/aromatic N) is 3. The number of piperidine rings is 1. The van der Waals surface area contributed by atoms with Crippen LogP contribution in [0.3, 0.4) is 0 Å². The van der Waals surface area contributed by atoms with Gasteiger partial charge in [-0.2, -0.15) is 5.26 Å². The molecular weight excluding hydrogens is 280 g/mol. The molecule has 2 amide bonds. The van der Waals surface area contributed by atoms with E-state index in [0.29, 0.717) is 6.54 Å². The molecule has 1 N–H and O–H groups in total. The summed E-state index contributed by atoms with van der Waals surface area (Å²) in [6.45, 7) is 1.85. The van der Waals surface area contributed by atoms with E-state index < -0.39 is 5.54 Å². The number of carbonyl (C=O) groups excluding carboxylic acids is 2. The molecule has 1 aliphatic carbocycles. The van der Waals surface area contributed by atoms with Crippen LogP contribution in [0.15, 0.2) is 0 Å². The number of rotatable bonds is 4. The Morgan fingerprint density at radius 1 is 1.27 bits per heavy atom. The average Bonchev–Trinajstić information content (AvgIpc) is 2.96. The topological polar surface area (TPSA) is 76.4 Å². The second-order valence-electron chi connectivity index (χ2n) is 6.73. The van der Waals surface area contributed by atoms with Crippen molar-refractivity contribution in [2.45, 2.75) is 44.1 Å². The lowest BCUT2D eigenvalue weighted by molar-refractivity contribution is -0.134. The normalized spacial score (nSPS) is 22.0. The van der Waals surface area contributed by atoms with Gasteiger partial charge in [-0.1, -0.05) is 0 Å². The summed E-state index contributed by atoms with van der Waals surface area (Å²) in [5.74, 6) is 0.189. The molecule has 122 valence electrons. The fourth-order valence-electron chi connectivity index (χ4n) is 3.46. The third-order valence-corrected chi connectivity index (χ3v) is 4.79. The van der Waals surface area contributed by atoms with E-state index in [1.54, 1.807) is 19.0 Å². The fraction of sp³-hybridized carbons (Fsp3) is 0.812. The summed E-state index contributed by atoms with van der Waals surface area (Å²) >= 11 is 0. The summed E-state index contributed by atoms with van der Waals surface area (Å²) in [6, 6.07) is 2.28. The smallest absolute Gasteiger partial charge is 0.235 e. The summed E-state index contributed by atoms with van der Waals surface area (Å²) in [7, 11) is 3.57. The minimum Gasteiger partial charge on any atom is -0.349 e. The van der Waals surface area contributed by atoms with Crippen LogP contribution in [0.2, 0.25) is 0 Å². The second kappa shape index (κ2) is 7.10. The van der Waals surface area contributed by atoms with Gasteiger partial charge in [-0.25, -0.2) is 0 Å². The van der Waals surface area contributed by atoms with Crippen molar-refractivity contribution in [2.24, 2.45) is 5.92 Å². The first-order chi connectivity index (χ1) is 10.5. The van der Waals surface area contributed by atoms with Crippen molar-refractivity contribution in [3.63, 3.8) is 0 Å². The van der Waals surface area contributed by atoms with Crippen molar-refractivity contribution in [1.29, 1.82) is 5.26 Å². The molecule has 0 aromatic heterocycles. The highest BCUT2D eigenvalue weighted by Crippen LogP contribution is 2.28. The van der Waals surface area contributed by atoms with Gasteiger partial charge in [0.1, 0.15) is 5.54 Å². The summed E-state index contributed by atoms with van der Waals surface area (Å²) in [6.07, 6.45) is 5.13. The molecule has 2 aliphatic rings. The van der Waals surface area contributed by atoms with E-state index in [2.05, 4.69) is 16.3 Å². The Bertz CT molecular complexity index is 455. The molecule has 1 heterocycles. The molecule has 0 atom stereocenters. The van der Waals surface area contributed by atoms with Gasteiger partial charge in [0.05, 0.1) is 12.6 Å². The Balaban J connectivity index is 1.77. The molecule has 1 saturated heterocycles. The molecule has 2 rings (SSSR count). The van der Waals surface area contributed by atoms with Gasteiger partial charge in [-0.05, 0) is 51.6 Å². The predicted octanol–water partition coefficient (Wildman–Crippen LogP) is 0.739. The Labute approximate surface area is 132 Å². The van der Waals surface area contributed by atoms with E-state index in [-0.39, 0.29) is 17.7 Å². The fourth-order valence-corrected chi connectivity index (χ4v) is 3.46. The van der Waals surface area contributed by atoms with Gasteiger partial charge in [0.25, 0.3) is 0 Å². The molecule has 22 heavy (non-hydrogen) atoms. The highest BCUT2D eigenvalue weighted by molar-refractivity contribution is 5.80. The lowest BCUT2D eigenvalue weighted by Crippen LogP contribution is -2.50. The first kappa shape index (κ1) is 16.8. The molecule has 0 bridgehead atoms. The van der Waals surface area contributed by atoms with Crippen LogP contribution in [0.5, 0.6) is 0 Å². The van der Waals surface area contributed by atoms with Gasteiger partial charge in [0.2, 0.25) is 11.8 Å². The van der Waals surface area contributed by atoms with Crippen LogP contribution >= 0.6 is 0 Å². The van der Waals surface area contributed by atoms with Crippen LogP contribution in [0.4, 0.5) is 0 Å². The van der Waals surface area contributed by atoms with E-state index >= 15 is 0 Å². The molecule has 1 saturated carbocycles. The van der Waals surface area contributed by atoms with Gasteiger partial charge in [0, 0.05) is 20.0 Å². The number of carbonyl (C=O) groups is 2. The zero-order valence-electron chi connectivity index (χ0n) is 13.6. The predicted molar refractivity (Wildman–Crippen MR) is 82.8 cm³/mol. The van der Waals surface area contributed by atoms with E-state index in [1.807, 2.05) is 0 Å². The highest BCUT2D eigenvalue weighted by atomic mass is 16.2. The third kappa shape index (κ3) is 3.98. The van der Waals surface area contributed by atoms with Crippen molar-refractivity contribution in [1.82, 2.24) is 15.1 Å². The highest BCUT2D eigenvalue weighted by Gasteiger charge is 2.36. The van der Waals surface area contributed by atoms with Crippen molar-refractivity contribution in [2.75, 3.05) is 33.7 Å². The monoisotopic (exact) mass is 306 g/mol. The number of hydrogen-bond donors (Lipinski definition) is 1. The van der Waals surface area contributed by atoms with Crippen molar-refractivity contribution >= 4 is 11.8 Å². The van der Waals surface area contributed by atoms with Gasteiger partial charge in [-0.3, -0.25) is 14.5 Å². The van der Waals surface area contributed by atoms with Crippen molar-refractivity contribution < 1.29 is 9.59 Å². The summed E-state index contributed by atoms with van der Waals surface area (Å²) in [5, 5.41) is 12.2. The lowest BCUT2D eigenvalue weighted by atomic mass is 9.95. The number of hydrogen-bond acceptors (Lipinski definition) is 4. The standard InChI is InChI=1S/C16H26N4O2/c1-19(2)15(22)13-5-9-20(10-6-13)11-14(21)18-16(12-17)7-3-4-8-16/h13H,3-11H2,1-2H3,(H,18,21). The largest absolute Gasteiger partial charge is 0.349 e. The number of nitrogens with one attached hydrogen (secondary N) is 1. The zero-order valence-corrected chi connectivity index (χ0v) is 13.6. The van der Waals surface area contributed by atoms with E-state index in [9.17, 15) is 14.9 Å². The van der Waals surface area contributed by atoms with Gasteiger partial charge < -0.3 is 10.2 Å². The lowest BCUT2D eigenvalue weighted by Gasteiger charge is -2.32. The van der Waals surface area contributed by atoms with Crippen molar-refractivity contribution in [3.05, 3.63) is 0 Å². The van der Waals surface area contributed by atoms with Crippen LogP contribution in [-0.2, 0) is 9.59 Å². The molecule has 0 aromatic carbocycles. The third-order valence-electron chi connectivity index (χ3n) is 4.79. The van der Waals surface area contributed by atoms with Gasteiger partial charge >= 0.3 is 0 Å². The molecule has 0 radical (unpaired) electrons. The average molecular weight is 306 g/mol. The van der Waals surface area contributed by atoms with E-state index in [4.69, 9.17) is 0 Å². The summed E-state index contributed by atoms with van der Waals surface area (Å²) in [5.41, 5.74) is -0.643. The summed E-state index contributed by atoms with van der Waals surface area (Å²) < 4.78 is 0. The van der Waals surface area contributed by atoms with Gasteiger partial charge in [-0.15, -0.1) is 0 Å². The Morgan fingerprint density at radius 2 is 1.86 bits per heavy atom. The maximum Gasteiger partial charge on any atom is 0.235 e. The van der Waals surface area contributed by atoms with Crippen LogP contribution in [0, 0.1) is 17.2 Å². The molecule has 6 heteroatoms. The first-order valence-electron chi connectivity index (χ1n) is 8.11. The number of likely N-dealkylation sites (tertiary alicyclic amines) is 1. The second-order valence-corrected chi connectivity index (χ2v) is 6.73. The van der Waals surface area contributed by atoms with Crippen LogP contribution in [0.1, 0.15) is 38.5 Å². The Morgan fingerprint density at radius 3 is 2.36 bits per heavy atom. The molecule has 0 aromatic rings. The molecular formula is C16H26N4O2. The van der Waals surface area contributed by atoms with Crippen LogP contribution in [-0.4, -0.2) is 60.9 Å². The number of amides is 2. The Hall–Kier alpha value is -1.61. The zero-order chi connectivity index (χ0) is 16.2. The molecule has 1 aliphatic heterocycles. The molecule has 0 unspecified atom stereocenters. The van der Waals surface area contributed by atoms with Crippen molar-refractivity contribution in [3.8, 4) is 6.07 Å². The molecule has 0 spiro atoms. The summed E-state index contributed by atoms with van der Waals surface area (Å²) in [4.78, 5) is 27.8. The maximum absolute atomic E-state index is 12.2. The number of nitriles is 1. The van der Waals surface area contributed by atoms with Crippen LogP contribution in [0.25, 0.3) is 0 Å². The Kier molecular flexibility index (Phi) is 5.41.